The van der Waals surface area contributed by atoms with Crippen molar-refractivity contribution in [2.45, 2.75) is 25.4 Å². The minimum absolute atomic E-state index is 0.0845. The van der Waals surface area contributed by atoms with Crippen LogP contribution in [0.2, 0.25) is 0 Å². The molecule has 4 nitrogen and oxygen atoms in total. The van der Waals surface area contributed by atoms with E-state index in [0.717, 1.165) is 18.4 Å². The fourth-order valence-electron chi connectivity index (χ4n) is 1.93. The van der Waals surface area contributed by atoms with Crippen LogP contribution in [0, 0.1) is 10.6 Å². The van der Waals surface area contributed by atoms with Crippen LogP contribution in [0.3, 0.4) is 0 Å². The summed E-state index contributed by atoms with van der Waals surface area (Å²) < 4.78 is 15.3. The molecule has 1 heterocycles. The van der Waals surface area contributed by atoms with Crippen molar-refractivity contribution in [1.29, 1.82) is 0 Å². The fourth-order valence-corrected chi connectivity index (χ4v) is 2.20. The van der Waals surface area contributed by atoms with Crippen LogP contribution >= 0.6 is 12.2 Å². The average molecular weight is 265 g/mol. The number of rotatable bonds is 3. The number of aromatic nitrogens is 2. The molecule has 0 radical (unpaired) electrons. The smallest absolute Gasteiger partial charge is 0.240 e. The van der Waals surface area contributed by atoms with Crippen LogP contribution in [-0.2, 0) is 11.3 Å². The van der Waals surface area contributed by atoms with Crippen molar-refractivity contribution in [3.05, 3.63) is 28.8 Å². The highest BCUT2D eigenvalue weighted by atomic mass is 32.1. The number of nitrogens with one attached hydrogen (secondary N) is 2. The van der Waals surface area contributed by atoms with E-state index in [1.54, 1.807) is 10.6 Å². The zero-order valence-corrected chi connectivity index (χ0v) is 10.4. The molecule has 1 aliphatic rings. The Morgan fingerprint density at radius 1 is 1.56 bits per heavy atom. The van der Waals surface area contributed by atoms with Crippen LogP contribution in [-0.4, -0.2) is 21.5 Å². The summed E-state index contributed by atoms with van der Waals surface area (Å²) in [6, 6.07) is 4.68. The van der Waals surface area contributed by atoms with E-state index in [4.69, 9.17) is 12.2 Å². The molecule has 1 aliphatic carbocycles. The average Bonchev–Trinajstić information content (AvgIpc) is 3.07. The molecule has 0 saturated heterocycles. The van der Waals surface area contributed by atoms with Gasteiger partial charge in [-0.25, -0.2) is 4.39 Å². The molecule has 94 valence electrons. The number of fused-ring (bicyclic) bond motifs is 1. The lowest BCUT2D eigenvalue weighted by atomic mass is 10.3. The number of H-pyrrole nitrogens is 1. The number of amides is 1. The summed E-state index contributed by atoms with van der Waals surface area (Å²) in [5, 5.41) is 2.88. The minimum atomic E-state index is -0.340. The van der Waals surface area contributed by atoms with Crippen molar-refractivity contribution in [1.82, 2.24) is 14.9 Å². The molecule has 2 aromatic rings. The number of benzene rings is 1. The highest BCUT2D eigenvalue weighted by Gasteiger charge is 2.23. The molecule has 1 amide bonds. The molecule has 1 saturated carbocycles. The SMILES string of the molecule is O=C(Cn1c(=S)[nH]c2ccc(F)cc21)NC1CC1. The number of halogens is 1. The molecule has 6 heteroatoms. The molecule has 2 N–H and O–H groups in total. The first-order chi connectivity index (χ1) is 8.63. The first-order valence-corrected chi connectivity index (χ1v) is 6.22. The lowest BCUT2D eigenvalue weighted by molar-refractivity contribution is -0.121. The quantitative estimate of drug-likeness (QED) is 0.835. The van der Waals surface area contributed by atoms with Gasteiger partial charge in [-0.3, -0.25) is 4.79 Å². The van der Waals surface area contributed by atoms with Crippen molar-refractivity contribution in [2.24, 2.45) is 0 Å². The maximum Gasteiger partial charge on any atom is 0.240 e. The van der Waals surface area contributed by atoms with E-state index in [0.29, 0.717) is 16.3 Å². The second-order valence-electron chi connectivity index (χ2n) is 4.52. The third-order valence-corrected chi connectivity index (χ3v) is 3.30. The van der Waals surface area contributed by atoms with Crippen LogP contribution in [0.4, 0.5) is 4.39 Å². The van der Waals surface area contributed by atoms with E-state index < -0.39 is 0 Å². The van der Waals surface area contributed by atoms with Gasteiger partial charge in [-0.1, -0.05) is 0 Å². The standard InChI is InChI=1S/C12H12FN3OS/c13-7-1-4-9-10(5-7)16(12(18)15-9)6-11(17)14-8-2-3-8/h1,4-5,8H,2-3,6H2,(H,14,17)(H,15,18). The molecule has 0 aliphatic heterocycles. The topological polar surface area (TPSA) is 49.8 Å². The summed E-state index contributed by atoms with van der Waals surface area (Å²) in [5.41, 5.74) is 1.35. The number of nitrogens with zero attached hydrogens (tertiary/aromatic N) is 1. The van der Waals surface area contributed by atoms with E-state index in [2.05, 4.69) is 10.3 Å². The summed E-state index contributed by atoms with van der Waals surface area (Å²) in [6.45, 7) is 0.124. The molecule has 0 bridgehead atoms. The van der Waals surface area contributed by atoms with Gasteiger partial charge < -0.3 is 14.9 Å². The number of carbonyl (C=O) groups is 1. The zero-order chi connectivity index (χ0) is 12.7. The Bertz CT molecular complexity index is 672. The molecule has 0 spiro atoms. The monoisotopic (exact) mass is 265 g/mol. The number of hydrogen-bond donors (Lipinski definition) is 2. The van der Waals surface area contributed by atoms with Crippen LogP contribution in [0.1, 0.15) is 12.8 Å². The maximum absolute atomic E-state index is 13.2. The number of hydrogen-bond acceptors (Lipinski definition) is 2. The summed E-state index contributed by atoms with van der Waals surface area (Å²) in [7, 11) is 0. The van der Waals surface area contributed by atoms with Crippen LogP contribution < -0.4 is 5.32 Å². The second-order valence-corrected chi connectivity index (χ2v) is 4.91. The van der Waals surface area contributed by atoms with Gasteiger partial charge in [0.1, 0.15) is 12.4 Å². The molecule has 18 heavy (non-hydrogen) atoms. The largest absolute Gasteiger partial charge is 0.352 e. The summed E-state index contributed by atoms with van der Waals surface area (Å²) in [4.78, 5) is 14.7. The Balaban J connectivity index is 1.94. The predicted molar refractivity (Wildman–Crippen MR) is 68.2 cm³/mol. The van der Waals surface area contributed by atoms with Crippen molar-refractivity contribution >= 4 is 29.2 Å². The van der Waals surface area contributed by atoms with Crippen molar-refractivity contribution in [3.8, 4) is 0 Å². The van der Waals surface area contributed by atoms with E-state index in [-0.39, 0.29) is 18.3 Å². The maximum atomic E-state index is 13.2. The molecule has 3 rings (SSSR count). The fraction of sp³-hybridized carbons (Fsp3) is 0.333. The van der Waals surface area contributed by atoms with Crippen molar-refractivity contribution in [3.63, 3.8) is 0 Å². The first-order valence-electron chi connectivity index (χ1n) is 5.81. The van der Waals surface area contributed by atoms with Gasteiger partial charge in [0, 0.05) is 6.04 Å². The van der Waals surface area contributed by atoms with E-state index >= 15 is 0 Å². The van der Waals surface area contributed by atoms with E-state index in [1.807, 2.05) is 0 Å². The van der Waals surface area contributed by atoms with Gasteiger partial charge >= 0.3 is 0 Å². The minimum Gasteiger partial charge on any atom is -0.352 e. The summed E-state index contributed by atoms with van der Waals surface area (Å²) in [6.07, 6.45) is 2.08. The van der Waals surface area contributed by atoms with Crippen LogP contribution in [0.5, 0.6) is 0 Å². The van der Waals surface area contributed by atoms with Gasteiger partial charge in [0.15, 0.2) is 4.77 Å². The molecular weight excluding hydrogens is 253 g/mol. The van der Waals surface area contributed by atoms with Crippen molar-refractivity contribution in [2.75, 3.05) is 0 Å². The third-order valence-electron chi connectivity index (χ3n) is 2.98. The Hall–Kier alpha value is -1.69. The highest BCUT2D eigenvalue weighted by molar-refractivity contribution is 7.71. The Kier molecular flexibility index (Phi) is 2.66. The molecule has 1 aromatic heterocycles. The van der Waals surface area contributed by atoms with Gasteiger partial charge in [0.05, 0.1) is 11.0 Å². The zero-order valence-electron chi connectivity index (χ0n) is 9.57. The predicted octanol–water partition coefficient (Wildman–Crippen LogP) is 2.12. The Labute approximate surface area is 108 Å². The molecular formula is C12H12FN3OS. The summed E-state index contributed by atoms with van der Waals surface area (Å²) in [5.74, 6) is -0.424. The molecule has 1 fully saturated rings. The number of aromatic amines is 1. The number of imidazole rings is 1. The third kappa shape index (κ3) is 2.15. The van der Waals surface area contributed by atoms with E-state index in [1.165, 1.54) is 12.1 Å². The lowest BCUT2D eigenvalue weighted by Crippen LogP contribution is -2.29. The van der Waals surface area contributed by atoms with Crippen LogP contribution in [0.15, 0.2) is 18.2 Å². The van der Waals surface area contributed by atoms with Gasteiger partial charge in [0.2, 0.25) is 5.91 Å². The Morgan fingerprint density at radius 3 is 3.06 bits per heavy atom. The number of carbonyl (C=O) groups excluding carboxylic acids is 1. The molecule has 1 aromatic carbocycles. The lowest BCUT2D eigenvalue weighted by Gasteiger charge is -2.05. The van der Waals surface area contributed by atoms with Gasteiger partial charge in [0.25, 0.3) is 0 Å². The van der Waals surface area contributed by atoms with Crippen molar-refractivity contribution < 1.29 is 9.18 Å². The van der Waals surface area contributed by atoms with Gasteiger partial charge in [-0.05, 0) is 43.3 Å². The first kappa shape index (κ1) is 11.4. The van der Waals surface area contributed by atoms with Gasteiger partial charge in [-0.2, -0.15) is 0 Å². The second kappa shape index (κ2) is 4.20. The normalized spacial score (nSPS) is 14.9. The van der Waals surface area contributed by atoms with Crippen LogP contribution in [0.25, 0.3) is 11.0 Å². The van der Waals surface area contributed by atoms with E-state index in [9.17, 15) is 9.18 Å². The molecule has 0 unspecified atom stereocenters. The molecule has 0 atom stereocenters. The van der Waals surface area contributed by atoms with Gasteiger partial charge in [-0.15, -0.1) is 0 Å². The summed E-state index contributed by atoms with van der Waals surface area (Å²) >= 11 is 5.15. The highest BCUT2D eigenvalue weighted by Crippen LogP contribution is 2.19. The Morgan fingerprint density at radius 2 is 2.33 bits per heavy atom.